The summed E-state index contributed by atoms with van der Waals surface area (Å²) in [4.78, 5) is 20.5. The molecule has 6 heteroatoms. The van der Waals surface area contributed by atoms with Crippen molar-refractivity contribution in [3.05, 3.63) is 24.5 Å². The van der Waals surface area contributed by atoms with Gasteiger partial charge >= 0.3 is 0 Å². The van der Waals surface area contributed by atoms with E-state index in [2.05, 4.69) is 16.0 Å². The molecule has 1 amide bonds. The molecule has 0 aromatic carbocycles. The molecule has 2 aliphatic heterocycles. The van der Waals surface area contributed by atoms with Gasteiger partial charge in [-0.3, -0.25) is 9.78 Å². The predicted molar refractivity (Wildman–Crippen MR) is 87.4 cm³/mol. The average molecular weight is 319 g/mol. The number of anilines is 1. The molecule has 6 nitrogen and oxygen atoms in total. The van der Waals surface area contributed by atoms with E-state index in [1.807, 2.05) is 17.2 Å². The Morgan fingerprint density at radius 2 is 2.17 bits per heavy atom. The van der Waals surface area contributed by atoms with Crippen LogP contribution in [-0.2, 0) is 14.3 Å². The molecule has 0 bridgehead atoms. The first-order valence-corrected chi connectivity index (χ1v) is 8.45. The van der Waals surface area contributed by atoms with Crippen LogP contribution in [0.2, 0.25) is 0 Å². The number of ether oxygens (including phenoxy) is 2. The summed E-state index contributed by atoms with van der Waals surface area (Å²) in [7, 11) is 0. The minimum Gasteiger partial charge on any atom is -0.376 e. The van der Waals surface area contributed by atoms with Crippen molar-refractivity contribution in [1.29, 1.82) is 0 Å². The SMILES string of the molecule is O=C(COC[C@H]1CCCCO1)N1CCN(c2cccnc2)CC1. The summed E-state index contributed by atoms with van der Waals surface area (Å²) in [5, 5.41) is 0. The molecule has 0 aliphatic carbocycles. The van der Waals surface area contributed by atoms with E-state index in [4.69, 9.17) is 9.47 Å². The van der Waals surface area contributed by atoms with Crippen LogP contribution in [0.25, 0.3) is 0 Å². The third-order valence-corrected chi connectivity index (χ3v) is 4.45. The van der Waals surface area contributed by atoms with Crippen LogP contribution in [0, 0.1) is 0 Å². The zero-order chi connectivity index (χ0) is 15.9. The fourth-order valence-corrected chi connectivity index (χ4v) is 3.06. The Kier molecular flexibility index (Phi) is 5.82. The third-order valence-electron chi connectivity index (χ3n) is 4.45. The first-order valence-electron chi connectivity index (χ1n) is 8.45. The van der Waals surface area contributed by atoms with Crippen LogP contribution in [0.1, 0.15) is 19.3 Å². The van der Waals surface area contributed by atoms with Gasteiger partial charge in [-0.25, -0.2) is 0 Å². The molecule has 3 rings (SSSR count). The summed E-state index contributed by atoms with van der Waals surface area (Å²) in [6.07, 6.45) is 7.17. The van der Waals surface area contributed by atoms with Gasteiger partial charge in [-0.1, -0.05) is 0 Å². The molecular weight excluding hydrogens is 294 g/mol. The van der Waals surface area contributed by atoms with E-state index in [0.29, 0.717) is 6.61 Å². The maximum atomic E-state index is 12.2. The maximum absolute atomic E-state index is 12.2. The number of carbonyl (C=O) groups is 1. The second kappa shape index (κ2) is 8.26. The van der Waals surface area contributed by atoms with Crippen LogP contribution in [0.4, 0.5) is 5.69 Å². The van der Waals surface area contributed by atoms with Crippen molar-refractivity contribution in [3.8, 4) is 0 Å². The van der Waals surface area contributed by atoms with Crippen LogP contribution in [-0.4, -0.2) is 67.9 Å². The number of aromatic nitrogens is 1. The molecule has 2 aliphatic rings. The number of nitrogens with zero attached hydrogens (tertiary/aromatic N) is 3. The van der Waals surface area contributed by atoms with Gasteiger partial charge < -0.3 is 19.3 Å². The number of pyridine rings is 1. The molecule has 3 heterocycles. The van der Waals surface area contributed by atoms with E-state index in [-0.39, 0.29) is 18.6 Å². The predicted octanol–water partition coefficient (Wildman–Crippen LogP) is 1.32. The van der Waals surface area contributed by atoms with E-state index >= 15 is 0 Å². The molecule has 1 atom stereocenters. The lowest BCUT2D eigenvalue weighted by Crippen LogP contribution is -2.50. The van der Waals surface area contributed by atoms with E-state index in [9.17, 15) is 4.79 Å². The highest BCUT2D eigenvalue weighted by molar-refractivity contribution is 5.77. The van der Waals surface area contributed by atoms with Crippen molar-refractivity contribution < 1.29 is 14.3 Å². The lowest BCUT2D eigenvalue weighted by molar-refractivity contribution is -0.138. The van der Waals surface area contributed by atoms with Gasteiger partial charge in [-0.2, -0.15) is 0 Å². The topological polar surface area (TPSA) is 54.9 Å². The van der Waals surface area contributed by atoms with E-state index in [1.54, 1.807) is 6.20 Å². The monoisotopic (exact) mass is 319 g/mol. The molecule has 23 heavy (non-hydrogen) atoms. The van der Waals surface area contributed by atoms with Crippen molar-refractivity contribution in [2.75, 3.05) is 50.9 Å². The van der Waals surface area contributed by atoms with Crippen LogP contribution in [0.5, 0.6) is 0 Å². The normalized spacial score (nSPS) is 22.2. The Labute approximate surface area is 137 Å². The lowest BCUT2D eigenvalue weighted by Gasteiger charge is -2.36. The van der Waals surface area contributed by atoms with Gasteiger partial charge in [0.25, 0.3) is 0 Å². The largest absolute Gasteiger partial charge is 0.376 e. The van der Waals surface area contributed by atoms with Gasteiger partial charge in [0.1, 0.15) is 6.61 Å². The van der Waals surface area contributed by atoms with E-state index in [0.717, 1.165) is 51.3 Å². The highest BCUT2D eigenvalue weighted by Gasteiger charge is 2.22. The van der Waals surface area contributed by atoms with Gasteiger partial charge in [0.05, 0.1) is 24.6 Å². The number of rotatable bonds is 5. The Morgan fingerprint density at radius 3 is 2.87 bits per heavy atom. The van der Waals surface area contributed by atoms with Crippen LogP contribution in [0.15, 0.2) is 24.5 Å². The molecular formula is C17H25N3O3. The molecule has 126 valence electrons. The fourth-order valence-electron chi connectivity index (χ4n) is 3.06. The Morgan fingerprint density at radius 1 is 1.30 bits per heavy atom. The second-order valence-corrected chi connectivity index (χ2v) is 6.08. The second-order valence-electron chi connectivity index (χ2n) is 6.08. The van der Waals surface area contributed by atoms with Crippen molar-refractivity contribution in [1.82, 2.24) is 9.88 Å². The number of carbonyl (C=O) groups excluding carboxylic acids is 1. The quantitative estimate of drug-likeness (QED) is 0.819. The van der Waals surface area contributed by atoms with Crippen LogP contribution >= 0.6 is 0 Å². The average Bonchev–Trinajstić information content (AvgIpc) is 2.63. The van der Waals surface area contributed by atoms with Gasteiger partial charge in [0, 0.05) is 39.0 Å². The minimum absolute atomic E-state index is 0.0756. The molecule has 0 N–H and O–H groups in total. The Bertz CT molecular complexity index is 483. The zero-order valence-electron chi connectivity index (χ0n) is 13.5. The minimum atomic E-state index is 0.0756. The molecule has 0 spiro atoms. The van der Waals surface area contributed by atoms with Crippen LogP contribution < -0.4 is 4.90 Å². The van der Waals surface area contributed by atoms with Gasteiger partial charge in [-0.15, -0.1) is 0 Å². The molecule has 1 aromatic heterocycles. The standard InChI is InChI=1S/C17H25N3O3/c21-17(14-22-13-16-5-1-2-11-23-16)20-9-7-19(8-10-20)15-4-3-6-18-12-15/h3-4,6,12,16H,1-2,5,7-11,13-14H2/t16-/m1/s1. The fraction of sp³-hybridized carbons (Fsp3) is 0.647. The zero-order valence-corrected chi connectivity index (χ0v) is 13.5. The summed E-state index contributed by atoms with van der Waals surface area (Å²) < 4.78 is 11.2. The summed E-state index contributed by atoms with van der Waals surface area (Å²) in [6.45, 7) is 4.65. The van der Waals surface area contributed by atoms with Crippen molar-refractivity contribution in [3.63, 3.8) is 0 Å². The number of hydrogen-bond donors (Lipinski definition) is 0. The van der Waals surface area contributed by atoms with Crippen LogP contribution in [0.3, 0.4) is 0 Å². The number of piperazine rings is 1. The number of amides is 1. The van der Waals surface area contributed by atoms with Crippen molar-refractivity contribution >= 4 is 11.6 Å². The first kappa shape index (κ1) is 16.2. The van der Waals surface area contributed by atoms with Crippen molar-refractivity contribution in [2.45, 2.75) is 25.4 Å². The molecule has 1 aromatic rings. The Hall–Kier alpha value is -1.66. The molecule has 2 saturated heterocycles. The summed E-state index contributed by atoms with van der Waals surface area (Å²) >= 11 is 0. The molecule has 0 unspecified atom stereocenters. The molecule has 2 fully saturated rings. The summed E-state index contributed by atoms with van der Waals surface area (Å²) in [5.41, 5.74) is 1.12. The highest BCUT2D eigenvalue weighted by Crippen LogP contribution is 2.15. The van der Waals surface area contributed by atoms with E-state index < -0.39 is 0 Å². The van der Waals surface area contributed by atoms with Gasteiger partial charge in [0.15, 0.2) is 0 Å². The molecule has 0 radical (unpaired) electrons. The number of hydrogen-bond acceptors (Lipinski definition) is 5. The summed E-state index contributed by atoms with van der Waals surface area (Å²) in [6, 6.07) is 3.99. The van der Waals surface area contributed by atoms with Gasteiger partial charge in [-0.05, 0) is 31.4 Å². The first-order chi connectivity index (χ1) is 11.3. The highest BCUT2D eigenvalue weighted by atomic mass is 16.5. The van der Waals surface area contributed by atoms with Crippen molar-refractivity contribution in [2.24, 2.45) is 0 Å². The molecule has 0 saturated carbocycles. The van der Waals surface area contributed by atoms with Gasteiger partial charge in [0.2, 0.25) is 5.91 Å². The smallest absolute Gasteiger partial charge is 0.248 e. The third kappa shape index (κ3) is 4.65. The van der Waals surface area contributed by atoms with E-state index in [1.165, 1.54) is 6.42 Å². The Balaban J connectivity index is 1.36. The maximum Gasteiger partial charge on any atom is 0.248 e. The summed E-state index contributed by atoms with van der Waals surface area (Å²) in [5.74, 6) is 0.0756. The lowest BCUT2D eigenvalue weighted by atomic mass is 10.1.